The molecule has 2 bridgehead atoms. The number of aromatic nitrogens is 3. The van der Waals surface area contributed by atoms with Crippen LogP contribution < -0.4 is 4.72 Å². The van der Waals surface area contributed by atoms with Gasteiger partial charge in [-0.05, 0) is 62.6 Å². The van der Waals surface area contributed by atoms with E-state index in [-0.39, 0.29) is 36.5 Å². The Labute approximate surface area is 283 Å². The molecule has 2 aliphatic heterocycles. The number of aliphatic imine (C=N–C) groups is 1. The topological polar surface area (TPSA) is 153 Å². The molecule has 0 radical (unpaired) electrons. The number of amidine groups is 1. The van der Waals surface area contributed by atoms with Crippen LogP contribution in [0.5, 0.6) is 0 Å². The van der Waals surface area contributed by atoms with Crippen LogP contribution in [0.4, 0.5) is 13.2 Å². The Morgan fingerprint density at radius 3 is 2.50 bits per heavy atom. The van der Waals surface area contributed by atoms with E-state index in [1.165, 1.54) is 36.5 Å². The van der Waals surface area contributed by atoms with Gasteiger partial charge in [0.05, 0.1) is 22.6 Å². The van der Waals surface area contributed by atoms with Crippen LogP contribution in [0.1, 0.15) is 67.9 Å². The van der Waals surface area contributed by atoms with Gasteiger partial charge in [0.1, 0.15) is 18.0 Å². The molecule has 4 N–H and O–H groups in total. The van der Waals surface area contributed by atoms with Crippen LogP contribution in [0.25, 0.3) is 5.57 Å². The van der Waals surface area contributed by atoms with Crippen molar-refractivity contribution >= 4 is 44.4 Å². The fourth-order valence-corrected chi connectivity index (χ4v) is 11.3. The van der Waals surface area contributed by atoms with Crippen molar-refractivity contribution in [1.29, 1.82) is 0 Å². The number of fused-ring (bicyclic) bond motifs is 3. The summed E-state index contributed by atoms with van der Waals surface area (Å²) in [5, 5.41) is 37.4. The molecule has 7 rings (SSSR count). The summed E-state index contributed by atoms with van der Waals surface area (Å²) >= 11 is 7.85. The van der Waals surface area contributed by atoms with E-state index in [4.69, 9.17) is 16.6 Å². The minimum atomic E-state index is -3.97. The molecule has 0 amide bonds. The Hall–Kier alpha value is -2.86. The van der Waals surface area contributed by atoms with Crippen molar-refractivity contribution in [2.75, 3.05) is 6.54 Å². The molecule has 3 aromatic rings. The maximum Gasteiger partial charge on any atom is 0.333 e. The van der Waals surface area contributed by atoms with Crippen molar-refractivity contribution in [3.05, 3.63) is 74.8 Å². The molecule has 258 valence electrons. The van der Waals surface area contributed by atoms with Crippen LogP contribution in [0.15, 0.2) is 52.7 Å². The number of halogens is 4. The highest BCUT2D eigenvalue weighted by Crippen LogP contribution is 2.51. The zero-order valence-electron chi connectivity index (χ0n) is 25.6. The van der Waals surface area contributed by atoms with Crippen LogP contribution in [0.3, 0.4) is 0 Å². The Balaban J connectivity index is 1.26. The van der Waals surface area contributed by atoms with Crippen LogP contribution in [-0.4, -0.2) is 84.9 Å². The van der Waals surface area contributed by atoms with Gasteiger partial charge in [0.2, 0.25) is 10.0 Å². The average Bonchev–Trinajstić information content (AvgIpc) is 3.83. The number of aliphatic hydroxyl groups is 3. The summed E-state index contributed by atoms with van der Waals surface area (Å²) in [7, 11) is -3.97. The first-order valence-electron chi connectivity index (χ1n) is 15.6. The van der Waals surface area contributed by atoms with Gasteiger partial charge in [0.25, 0.3) is 0 Å². The standard InChI is InChI=1S/C31H34ClF3N6O5S2/c1-15(42)27(43)31(44)12-16-2-3-17(13-31)26(16)48(45,46)39-19-11-23-24(22-6-8-41(38-22)30(34)35)25(20-5-4-18(33)10-21(20)32)37-28(40(23)14-19)29-36-7-9-47-29/h4-10,15-17,19,25-27,30,39,42-44H,2-3,11-14H2,1H3/t15?,16?,17?,19?,25-,26?,27?,31?/m0/s1. The van der Waals surface area contributed by atoms with Gasteiger partial charge in [-0.3, -0.25) is 4.99 Å². The first-order valence-corrected chi connectivity index (χ1v) is 18.4. The third-order valence-electron chi connectivity index (χ3n) is 9.99. The Morgan fingerprint density at radius 2 is 1.90 bits per heavy atom. The van der Waals surface area contributed by atoms with Crippen LogP contribution in [-0.2, 0) is 10.0 Å². The monoisotopic (exact) mass is 726 g/mol. The summed E-state index contributed by atoms with van der Waals surface area (Å²) in [6.45, 7) is -1.36. The lowest BCUT2D eigenvalue weighted by Gasteiger charge is -2.44. The molecule has 2 aromatic heterocycles. The molecule has 6 atom stereocenters. The Morgan fingerprint density at radius 1 is 1.17 bits per heavy atom. The van der Waals surface area contributed by atoms with E-state index in [9.17, 15) is 36.9 Å². The number of nitrogens with zero attached hydrogens (tertiary/aromatic N) is 5. The molecule has 48 heavy (non-hydrogen) atoms. The van der Waals surface area contributed by atoms with E-state index >= 15 is 0 Å². The van der Waals surface area contributed by atoms with E-state index in [0.717, 1.165) is 12.3 Å². The average molecular weight is 727 g/mol. The van der Waals surface area contributed by atoms with Gasteiger partial charge in [0, 0.05) is 58.6 Å². The first-order chi connectivity index (χ1) is 22.8. The quantitative estimate of drug-likeness (QED) is 0.257. The predicted octanol–water partition coefficient (Wildman–Crippen LogP) is 4.10. The van der Waals surface area contributed by atoms with Crippen LogP contribution >= 0.6 is 22.9 Å². The molecule has 2 aliphatic carbocycles. The molecule has 4 heterocycles. The molecule has 5 unspecified atom stereocenters. The van der Waals surface area contributed by atoms with Crippen LogP contribution in [0, 0.1) is 17.7 Å². The fraction of sp³-hybridized carbons (Fsp3) is 0.516. The molecule has 2 saturated carbocycles. The zero-order chi connectivity index (χ0) is 34.1. The number of alkyl halides is 2. The van der Waals surface area contributed by atoms with Gasteiger partial charge in [-0.15, -0.1) is 11.3 Å². The lowest BCUT2D eigenvalue weighted by Crippen LogP contribution is -2.57. The third-order valence-corrected chi connectivity index (χ3v) is 13.2. The molecule has 4 aliphatic rings. The van der Waals surface area contributed by atoms with Gasteiger partial charge in [-0.2, -0.15) is 13.9 Å². The van der Waals surface area contributed by atoms with Crippen molar-refractivity contribution in [3.8, 4) is 0 Å². The summed E-state index contributed by atoms with van der Waals surface area (Å²) < 4.78 is 73.1. The number of thiazole rings is 1. The first kappa shape index (κ1) is 33.6. The molecule has 11 nitrogen and oxygen atoms in total. The molecular formula is C31H34ClF3N6O5S2. The van der Waals surface area contributed by atoms with Crippen molar-refractivity contribution in [1.82, 2.24) is 24.4 Å². The smallest absolute Gasteiger partial charge is 0.333 e. The highest BCUT2D eigenvalue weighted by Gasteiger charge is 2.57. The summed E-state index contributed by atoms with van der Waals surface area (Å²) in [5.74, 6) is -0.977. The van der Waals surface area contributed by atoms with Gasteiger partial charge in [-0.1, -0.05) is 17.7 Å². The third kappa shape index (κ3) is 5.88. The van der Waals surface area contributed by atoms with E-state index in [0.29, 0.717) is 45.2 Å². The lowest BCUT2D eigenvalue weighted by atomic mass is 9.73. The highest BCUT2D eigenvalue weighted by molar-refractivity contribution is 7.90. The highest BCUT2D eigenvalue weighted by atomic mass is 35.5. The van der Waals surface area contributed by atoms with Gasteiger partial charge in [-0.25, -0.2) is 27.2 Å². The van der Waals surface area contributed by atoms with E-state index in [1.807, 2.05) is 4.90 Å². The molecule has 1 aromatic carbocycles. The number of nitrogens with one attached hydrogen (secondary N) is 1. The minimum Gasteiger partial charge on any atom is -0.391 e. The molecule has 0 spiro atoms. The summed E-state index contributed by atoms with van der Waals surface area (Å²) in [5.41, 5.74) is 0.0357. The normalized spacial score (nSPS) is 30.1. The summed E-state index contributed by atoms with van der Waals surface area (Å²) in [6.07, 6.45) is 1.54. The van der Waals surface area contributed by atoms with E-state index in [1.54, 1.807) is 11.6 Å². The van der Waals surface area contributed by atoms with Crippen molar-refractivity contribution < 1.29 is 36.9 Å². The Bertz CT molecular complexity index is 1860. The molecular weight excluding hydrogens is 693 g/mol. The Kier molecular flexibility index (Phi) is 8.74. The van der Waals surface area contributed by atoms with Crippen molar-refractivity contribution in [2.24, 2.45) is 16.8 Å². The van der Waals surface area contributed by atoms with Crippen molar-refractivity contribution in [3.63, 3.8) is 0 Å². The van der Waals surface area contributed by atoms with Crippen molar-refractivity contribution in [2.45, 2.75) is 80.7 Å². The second kappa shape index (κ2) is 12.5. The van der Waals surface area contributed by atoms with E-state index in [2.05, 4.69) is 14.8 Å². The minimum absolute atomic E-state index is 0.0427. The van der Waals surface area contributed by atoms with Gasteiger partial charge >= 0.3 is 6.55 Å². The largest absolute Gasteiger partial charge is 0.391 e. The van der Waals surface area contributed by atoms with Crippen LogP contribution in [0.2, 0.25) is 5.02 Å². The van der Waals surface area contributed by atoms with Gasteiger partial charge < -0.3 is 20.2 Å². The molecule has 3 fully saturated rings. The summed E-state index contributed by atoms with van der Waals surface area (Å²) in [6, 6.07) is 3.74. The summed E-state index contributed by atoms with van der Waals surface area (Å²) in [4.78, 5) is 11.2. The maximum absolute atomic E-state index is 14.1. The predicted molar refractivity (Wildman–Crippen MR) is 172 cm³/mol. The SMILES string of the molecule is CC(O)C(O)C1(O)CC2CCC(C1)C2S(=O)(=O)NC1CC2=C(c3ccn(C(F)F)n3)[C@H](c3ccc(F)cc3Cl)N=C(c3nccs3)N2C1. The molecule has 1 saturated heterocycles. The zero-order valence-corrected chi connectivity index (χ0v) is 28.0. The molecule has 17 heteroatoms. The number of aliphatic hydroxyl groups excluding tert-OH is 2. The van der Waals surface area contributed by atoms with E-state index < -0.39 is 69.4 Å². The maximum atomic E-state index is 14.1. The second-order valence-electron chi connectivity index (χ2n) is 13.1. The lowest BCUT2D eigenvalue weighted by molar-refractivity contribution is -0.146. The number of hydrogen-bond acceptors (Lipinski definition) is 10. The number of sulfonamides is 1. The second-order valence-corrected chi connectivity index (χ2v) is 16.3. The van der Waals surface area contributed by atoms with Gasteiger partial charge in [0.15, 0.2) is 10.8 Å². The fourth-order valence-electron chi connectivity index (χ4n) is 8.11. The number of benzene rings is 1. The number of hydrogen-bond donors (Lipinski definition) is 4. The number of rotatable bonds is 9.